The summed E-state index contributed by atoms with van der Waals surface area (Å²) in [6.07, 6.45) is 7.56. The van der Waals surface area contributed by atoms with Gasteiger partial charge in [-0.15, -0.1) is 10.2 Å². The average molecular weight is 367 g/mol. The second-order valence-corrected chi connectivity index (χ2v) is 8.48. The number of rotatable bonds is 7. The van der Waals surface area contributed by atoms with Crippen molar-refractivity contribution in [1.82, 2.24) is 15.5 Å². The van der Waals surface area contributed by atoms with Crippen molar-refractivity contribution in [1.29, 1.82) is 0 Å². The van der Waals surface area contributed by atoms with Crippen LogP contribution in [0.4, 0.5) is 5.13 Å². The number of nitrogens with one attached hydrogen (secondary N) is 2. The zero-order valence-corrected chi connectivity index (χ0v) is 15.3. The van der Waals surface area contributed by atoms with Gasteiger partial charge in [-0.05, 0) is 31.9 Å². The number of hydrogen-bond acceptors (Lipinski definition) is 7. The minimum absolute atomic E-state index is 0.0900. The minimum Gasteiger partial charge on any atom is -0.467 e. The van der Waals surface area contributed by atoms with E-state index >= 15 is 0 Å². The Morgan fingerprint density at radius 2 is 2.25 bits per heavy atom. The van der Waals surface area contributed by atoms with Crippen molar-refractivity contribution in [2.45, 2.75) is 61.2 Å². The highest BCUT2D eigenvalue weighted by atomic mass is 32.2. The van der Waals surface area contributed by atoms with Gasteiger partial charge < -0.3 is 15.1 Å². The Morgan fingerprint density at radius 1 is 1.42 bits per heavy atom. The lowest BCUT2D eigenvalue weighted by Gasteiger charge is -2.24. The van der Waals surface area contributed by atoms with E-state index in [2.05, 4.69) is 20.8 Å². The summed E-state index contributed by atoms with van der Waals surface area (Å²) in [5.41, 5.74) is 0. The van der Waals surface area contributed by atoms with Gasteiger partial charge in [-0.3, -0.25) is 4.79 Å². The SMILES string of the molecule is C[C@H](Sc1nnc(NCc2ccco2)s1)C(=O)NC1CCCCC1. The van der Waals surface area contributed by atoms with Crippen molar-refractivity contribution in [3.63, 3.8) is 0 Å². The summed E-state index contributed by atoms with van der Waals surface area (Å²) in [4.78, 5) is 12.3. The molecule has 2 N–H and O–H groups in total. The van der Waals surface area contributed by atoms with Crippen molar-refractivity contribution in [3.8, 4) is 0 Å². The van der Waals surface area contributed by atoms with Gasteiger partial charge in [-0.1, -0.05) is 42.4 Å². The van der Waals surface area contributed by atoms with Crippen LogP contribution in [-0.4, -0.2) is 27.4 Å². The zero-order valence-electron chi connectivity index (χ0n) is 13.7. The molecular formula is C16H22N4O2S2. The van der Waals surface area contributed by atoms with Gasteiger partial charge in [0.05, 0.1) is 18.1 Å². The Kier molecular flexibility index (Phi) is 6.14. The molecule has 24 heavy (non-hydrogen) atoms. The summed E-state index contributed by atoms with van der Waals surface area (Å²) in [6, 6.07) is 4.10. The topological polar surface area (TPSA) is 80.1 Å². The smallest absolute Gasteiger partial charge is 0.233 e. The number of carbonyl (C=O) groups is 1. The molecule has 1 saturated carbocycles. The van der Waals surface area contributed by atoms with E-state index in [1.807, 2.05) is 19.1 Å². The molecule has 0 bridgehead atoms. The summed E-state index contributed by atoms with van der Waals surface area (Å²) in [6.45, 7) is 2.49. The molecule has 1 amide bonds. The standard InChI is InChI=1S/C16H22N4O2S2/c1-11(14(21)18-12-6-3-2-4-7-12)23-16-20-19-15(24-16)17-10-13-8-5-9-22-13/h5,8-9,11-12H,2-4,6-7,10H2,1H3,(H,17,19)(H,18,21)/t11-/m0/s1. The van der Waals surface area contributed by atoms with Crippen LogP contribution in [0.3, 0.4) is 0 Å². The van der Waals surface area contributed by atoms with Crippen molar-refractivity contribution >= 4 is 34.1 Å². The van der Waals surface area contributed by atoms with Crippen molar-refractivity contribution in [2.75, 3.05) is 5.32 Å². The predicted molar refractivity (Wildman–Crippen MR) is 96.3 cm³/mol. The van der Waals surface area contributed by atoms with Crippen LogP contribution < -0.4 is 10.6 Å². The van der Waals surface area contributed by atoms with Gasteiger partial charge in [0, 0.05) is 6.04 Å². The molecule has 1 atom stereocenters. The van der Waals surface area contributed by atoms with E-state index in [1.165, 1.54) is 42.4 Å². The molecule has 0 aliphatic heterocycles. The Morgan fingerprint density at radius 3 is 3.00 bits per heavy atom. The number of aromatic nitrogens is 2. The molecular weight excluding hydrogens is 344 g/mol. The quantitative estimate of drug-likeness (QED) is 0.728. The third-order valence-corrected chi connectivity index (χ3v) is 6.06. The van der Waals surface area contributed by atoms with Gasteiger partial charge in [0.25, 0.3) is 0 Å². The van der Waals surface area contributed by atoms with Gasteiger partial charge in [0.2, 0.25) is 11.0 Å². The van der Waals surface area contributed by atoms with E-state index in [-0.39, 0.29) is 11.2 Å². The molecule has 0 unspecified atom stereocenters. The lowest BCUT2D eigenvalue weighted by molar-refractivity contribution is -0.121. The van der Waals surface area contributed by atoms with E-state index in [0.717, 1.165) is 28.1 Å². The highest BCUT2D eigenvalue weighted by Gasteiger charge is 2.21. The number of thioether (sulfide) groups is 1. The fourth-order valence-electron chi connectivity index (χ4n) is 2.67. The fourth-order valence-corrected chi connectivity index (χ4v) is 4.58. The van der Waals surface area contributed by atoms with Crippen LogP contribution >= 0.6 is 23.1 Å². The lowest BCUT2D eigenvalue weighted by atomic mass is 9.95. The molecule has 3 rings (SSSR count). The molecule has 1 aliphatic rings. The number of anilines is 1. The molecule has 2 heterocycles. The summed E-state index contributed by atoms with van der Waals surface area (Å²) in [5, 5.41) is 15.1. The highest BCUT2D eigenvalue weighted by molar-refractivity contribution is 8.02. The van der Waals surface area contributed by atoms with Crippen LogP contribution in [0.5, 0.6) is 0 Å². The number of nitrogens with zero attached hydrogens (tertiary/aromatic N) is 2. The highest BCUT2D eigenvalue weighted by Crippen LogP contribution is 2.29. The molecule has 130 valence electrons. The zero-order chi connectivity index (χ0) is 16.8. The summed E-state index contributed by atoms with van der Waals surface area (Å²) < 4.78 is 6.06. The monoisotopic (exact) mass is 366 g/mol. The molecule has 8 heteroatoms. The van der Waals surface area contributed by atoms with Gasteiger partial charge in [-0.25, -0.2) is 0 Å². The molecule has 6 nitrogen and oxygen atoms in total. The summed E-state index contributed by atoms with van der Waals surface area (Å²) >= 11 is 2.91. The number of amides is 1. The Bertz CT molecular complexity index is 638. The van der Waals surface area contributed by atoms with Crippen LogP contribution in [0.15, 0.2) is 27.2 Å². The minimum atomic E-state index is -0.169. The maximum atomic E-state index is 12.3. The lowest BCUT2D eigenvalue weighted by Crippen LogP contribution is -2.40. The molecule has 2 aromatic heterocycles. The van der Waals surface area contributed by atoms with Crippen LogP contribution in [0.2, 0.25) is 0 Å². The maximum Gasteiger partial charge on any atom is 0.233 e. The molecule has 0 saturated heterocycles. The van der Waals surface area contributed by atoms with Crippen molar-refractivity contribution < 1.29 is 9.21 Å². The van der Waals surface area contributed by atoms with Crippen molar-refractivity contribution in [3.05, 3.63) is 24.2 Å². The first kappa shape index (κ1) is 17.3. The summed E-state index contributed by atoms with van der Waals surface area (Å²) in [7, 11) is 0. The second kappa shape index (κ2) is 8.53. The predicted octanol–water partition coefficient (Wildman–Crippen LogP) is 3.67. The van der Waals surface area contributed by atoms with Gasteiger partial charge in [-0.2, -0.15) is 0 Å². The van der Waals surface area contributed by atoms with Gasteiger partial charge in [0.1, 0.15) is 5.76 Å². The Balaban J connectivity index is 1.45. The Labute approximate surface area is 149 Å². The third kappa shape index (κ3) is 4.98. The van der Waals surface area contributed by atoms with Crippen molar-refractivity contribution in [2.24, 2.45) is 0 Å². The Hall–Kier alpha value is -1.54. The first-order chi connectivity index (χ1) is 11.7. The van der Waals surface area contributed by atoms with Crippen LogP contribution in [0, 0.1) is 0 Å². The number of furan rings is 1. The first-order valence-electron chi connectivity index (χ1n) is 8.27. The van der Waals surface area contributed by atoms with Crippen LogP contribution in [-0.2, 0) is 11.3 Å². The van der Waals surface area contributed by atoms with Crippen LogP contribution in [0.1, 0.15) is 44.8 Å². The molecule has 0 aromatic carbocycles. The fraction of sp³-hybridized carbons (Fsp3) is 0.562. The molecule has 0 radical (unpaired) electrons. The van der Waals surface area contributed by atoms with Gasteiger partial charge >= 0.3 is 0 Å². The van der Waals surface area contributed by atoms with Gasteiger partial charge in [0.15, 0.2) is 4.34 Å². The molecule has 0 spiro atoms. The normalized spacial score (nSPS) is 16.7. The van der Waals surface area contributed by atoms with E-state index < -0.39 is 0 Å². The molecule has 1 aliphatic carbocycles. The van der Waals surface area contributed by atoms with E-state index in [0.29, 0.717) is 12.6 Å². The summed E-state index contributed by atoms with van der Waals surface area (Å²) in [5.74, 6) is 0.937. The average Bonchev–Trinajstić information content (AvgIpc) is 3.25. The van der Waals surface area contributed by atoms with E-state index in [1.54, 1.807) is 6.26 Å². The second-order valence-electron chi connectivity index (χ2n) is 5.91. The molecule has 2 aromatic rings. The third-order valence-electron chi connectivity index (χ3n) is 4.00. The molecule has 1 fully saturated rings. The number of carbonyl (C=O) groups excluding carboxylic acids is 1. The van der Waals surface area contributed by atoms with E-state index in [4.69, 9.17) is 4.42 Å². The van der Waals surface area contributed by atoms with Crippen LogP contribution in [0.25, 0.3) is 0 Å². The largest absolute Gasteiger partial charge is 0.467 e. The maximum absolute atomic E-state index is 12.3. The first-order valence-corrected chi connectivity index (χ1v) is 9.97. The number of hydrogen-bond donors (Lipinski definition) is 2. The van der Waals surface area contributed by atoms with E-state index in [9.17, 15) is 4.79 Å².